The number of nitrogens with zero attached hydrogens (tertiary/aromatic N) is 3. The van der Waals surface area contributed by atoms with E-state index in [2.05, 4.69) is 47.4 Å². The van der Waals surface area contributed by atoms with Gasteiger partial charge < -0.3 is 5.73 Å². The zero-order valence-corrected chi connectivity index (χ0v) is 16.8. The molecule has 2 aliphatic carbocycles. The smallest absolute Gasteiger partial charge is 0.0607 e. The molecule has 2 N–H and O–H groups in total. The van der Waals surface area contributed by atoms with Crippen LogP contribution in [-0.2, 0) is 19.4 Å². The van der Waals surface area contributed by atoms with Gasteiger partial charge in [-0.2, -0.15) is 0 Å². The SMILES string of the molecule is NCCCN(Cc1nccc2c1Cc1ccccc1-2)C1CCCc2cccnc21. The van der Waals surface area contributed by atoms with Crippen molar-refractivity contribution in [2.24, 2.45) is 5.73 Å². The predicted molar refractivity (Wildman–Crippen MR) is 116 cm³/mol. The van der Waals surface area contributed by atoms with Crippen LogP contribution in [0.3, 0.4) is 0 Å². The summed E-state index contributed by atoms with van der Waals surface area (Å²) in [5.41, 5.74) is 15.3. The summed E-state index contributed by atoms with van der Waals surface area (Å²) in [5, 5.41) is 0. The maximum atomic E-state index is 5.88. The largest absolute Gasteiger partial charge is 0.330 e. The zero-order chi connectivity index (χ0) is 19.6. The second-order valence-electron chi connectivity index (χ2n) is 8.19. The van der Waals surface area contributed by atoms with E-state index < -0.39 is 0 Å². The van der Waals surface area contributed by atoms with Crippen LogP contribution in [0.4, 0.5) is 0 Å². The third kappa shape index (κ3) is 3.47. The summed E-state index contributed by atoms with van der Waals surface area (Å²) in [4.78, 5) is 12.2. The fraction of sp³-hybridized carbons (Fsp3) is 0.360. The first-order valence-electron chi connectivity index (χ1n) is 10.8. The minimum atomic E-state index is 0.355. The summed E-state index contributed by atoms with van der Waals surface area (Å²) in [6.45, 7) is 2.55. The molecule has 1 unspecified atom stereocenters. The van der Waals surface area contributed by atoms with Crippen LogP contribution in [-0.4, -0.2) is 28.0 Å². The Morgan fingerprint density at radius 1 is 0.966 bits per heavy atom. The van der Waals surface area contributed by atoms with E-state index in [1.165, 1.54) is 45.6 Å². The van der Waals surface area contributed by atoms with Gasteiger partial charge in [0.25, 0.3) is 0 Å². The standard InChI is InChI=1S/C25H28N4/c26-12-5-15-29(24-10-3-7-18-8-4-13-28-25(18)24)17-23-22-16-19-6-1-2-9-20(19)21(22)11-14-27-23/h1-2,4,6,8-9,11,13-14,24H,3,5,7,10,12,15-17,26H2. The van der Waals surface area contributed by atoms with Crippen LogP contribution in [0.1, 0.15) is 53.4 Å². The Morgan fingerprint density at radius 2 is 1.86 bits per heavy atom. The normalized spacial score (nSPS) is 17.1. The lowest BCUT2D eigenvalue weighted by Gasteiger charge is -2.35. The van der Waals surface area contributed by atoms with Crippen molar-refractivity contribution in [1.29, 1.82) is 0 Å². The van der Waals surface area contributed by atoms with Crippen molar-refractivity contribution in [2.75, 3.05) is 13.1 Å². The molecule has 4 nitrogen and oxygen atoms in total. The van der Waals surface area contributed by atoms with Gasteiger partial charge in [0.05, 0.1) is 17.4 Å². The number of hydrogen-bond acceptors (Lipinski definition) is 4. The van der Waals surface area contributed by atoms with Crippen LogP contribution in [0.15, 0.2) is 54.9 Å². The van der Waals surface area contributed by atoms with E-state index in [1.807, 2.05) is 12.4 Å². The maximum Gasteiger partial charge on any atom is 0.0607 e. The number of nitrogens with two attached hydrogens (primary N) is 1. The van der Waals surface area contributed by atoms with Crippen LogP contribution in [0, 0.1) is 0 Å². The van der Waals surface area contributed by atoms with Gasteiger partial charge in [-0.25, -0.2) is 0 Å². The Labute approximate surface area is 172 Å². The van der Waals surface area contributed by atoms with Crippen molar-refractivity contribution in [2.45, 2.75) is 44.7 Å². The molecule has 148 valence electrons. The first kappa shape index (κ1) is 18.5. The molecule has 2 aliphatic rings. The Bertz CT molecular complexity index is 1010. The van der Waals surface area contributed by atoms with Crippen LogP contribution >= 0.6 is 0 Å². The summed E-state index contributed by atoms with van der Waals surface area (Å²) >= 11 is 0. The highest BCUT2D eigenvalue weighted by Gasteiger charge is 2.29. The van der Waals surface area contributed by atoms with E-state index in [1.54, 1.807) is 0 Å². The minimum Gasteiger partial charge on any atom is -0.330 e. The van der Waals surface area contributed by atoms with Gasteiger partial charge in [0.2, 0.25) is 0 Å². The van der Waals surface area contributed by atoms with Crippen molar-refractivity contribution < 1.29 is 0 Å². The quantitative estimate of drug-likeness (QED) is 0.539. The maximum absolute atomic E-state index is 5.88. The van der Waals surface area contributed by atoms with Gasteiger partial charge >= 0.3 is 0 Å². The molecule has 0 aliphatic heterocycles. The van der Waals surface area contributed by atoms with Crippen molar-refractivity contribution in [3.63, 3.8) is 0 Å². The molecular formula is C25H28N4. The number of benzene rings is 1. The minimum absolute atomic E-state index is 0.355. The van der Waals surface area contributed by atoms with Crippen molar-refractivity contribution in [1.82, 2.24) is 14.9 Å². The Morgan fingerprint density at radius 3 is 2.79 bits per heavy atom. The van der Waals surface area contributed by atoms with E-state index in [-0.39, 0.29) is 0 Å². The first-order valence-corrected chi connectivity index (χ1v) is 10.8. The van der Waals surface area contributed by atoms with E-state index in [0.29, 0.717) is 12.6 Å². The predicted octanol–water partition coefficient (Wildman–Crippen LogP) is 4.28. The van der Waals surface area contributed by atoms with Gasteiger partial charge in [0.15, 0.2) is 0 Å². The molecule has 2 heterocycles. The summed E-state index contributed by atoms with van der Waals surface area (Å²) in [5.74, 6) is 0. The van der Waals surface area contributed by atoms with Gasteiger partial charge in [0, 0.05) is 31.9 Å². The molecule has 0 saturated heterocycles. The van der Waals surface area contributed by atoms with Crippen LogP contribution < -0.4 is 5.73 Å². The highest BCUT2D eigenvalue weighted by Crippen LogP contribution is 2.39. The molecule has 4 heteroatoms. The zero-order valence-electron chi connectivity index (χ0n) is 16.8. The lowest BCUT2D eigenvalue weighted by Crippen LogP contribution is -2.34. The second-order valence-corrected chi connectivity index (χ2v) is 8.19. The van der Waals surface area contributed by atoms with Crippen molar-refractivity contribution in [3.05, 3.63) is 82.9 Å². The number of aryl methyl sites for hydroxylation is 1. The summed E-state index contributed by atoms with van der Waals surface area (Å²) in [6.07, 6.45) is 9.40. The van der Waals surface area contributed by atoms with Gasteiger partial charge in [-0.3, -0.25) is 14.9 Å². The lowest BCUT2D eigenvalue weighted by molar-refractivity contribution is 0.162. The molecule has 5 rings (SSSR count). The van der Waals surface area contributed by atoms with Gasteiger partial charge in [-0.15, -0.1) is 0 Å². The summed E-state index contributed by atoms with van der Waals surface area (Å²) in [6, 6.07) is 15.6. The van der Waals surface area contributed by atoms with Crippen molar-refractivity contribution in [3.8, 4) is 11.1 Å². The molecule has 3 aromatic rings. The molecule has 0 fully saturated rings. The molecule has 0 amide bonds. The monoisotopic (exact) mass is 384 g/mol. The molecule has 1 aromatic carbocycles. The van der Waals surface area contributed by atoms with Crippen molar-refractivity contribution >= 4 is 0 Å². The molecular weight excluding hydrogens is 356 g/mol. The first-order chi connectivity index (χ1) is 14.3. The molecule has 0 saturated carbocycles. The van der Waals surface area contributed by atoms with E-state index in [9.17, 15) is 0 Å². The number of aromatic nitrogens is 2. The Kier molecular flexibility index (Phi) is 5.13. The summed E-state index contributed by atoms with van der Waals surface area (Å²) in [7, 11) is 0. The van der Waals surface area contributed by atoms with Crippen LogP contribution in [0.25, 0.3) is 11.1 Å². The molecule has 0 bridgehead atoms. The number of fused-ring (bicyclic) bond motifs is 4. The third-order valence-electron chi connectivity index (χ3n) is 6.43. The fourth-order valence-electron chi connectivity index (χ4n) is 5.02. The van der Waals surface area contributed by atoms with Gasteiger partial charge in [-0.1, -0.05) is 30.3 Å². The molecule has 1 atom stereocenters. The van der Waals surface area contributed by atoms with E-state index in [0.717, 1.165) is 38.8 Å². The van der Waals surface area contributed by atoms with Gasteiger partial charge in [0.1, 0.15) is 0 Å². The summed E-state index contributed by atoms with van der Waals surface area (Å²) < 4.78 is 0. The van der Waals surface area contributed by atoms with Gasteiger partial charge in [-0.05, 0) is 72.2 Å². The fourth-order valence-corrected chi connectivity index (χ4v) is 5.02. The molecule has 29 heavy (non-hydrogen) atoms. The Hall–Kier alpha value is -2.56. The highest BCUT2D eigenvalue weighted by atomic mass is 15.2. The number of rotatable bonds is 6. The molecule has 2 aromatic heterocycles. The number of pyridine rings is 2. The van der Waals surface area contributed by atoms with E-state index in [4.69, 9.17) is 15.7 Å². The average molecular weight is 385 g/mol. The topological polar surface area (TPSA) is 55.0 Å². The highest BCUT2D eigenvalue weighted by molar-refractivity contribution is 5.77. The molecule has 0 spiro atoms. The number of hydrogen-bond donors (Lipinski definition) is 1. The lowest BCUT2D eigenvalue weighted by atomic mass is 9.90. The second kappa shape index (κ2) is 8.05. The van der Waals surface area contributed by atoms with Crippen LogP contribution in [0.2, 0.25) is 0 Å². The Balaban J connectivity index is 1.48. The third-order valence-corrected chi connectivity index (χ3v) is 6.43. The van der Waals surface area contributed by atoms with Crippen LogP contribution in [0.5, 0.6) is 0 Å². The average Bonchev–Trinajstić information content (AvgIpc) is 3.16. The van der Waals surface area contributed by atoms with E-state index >= 15 is 0 Å². The molecule has 0 radical (unpaired) electrons.